The number of nitrogens with zero attached hydrogens (tertiary/aromatic N) is 1. The average Bonchev–Trinajstić information content (AvgIpc) is 2.41. The van der Waals surface area contributed by atoms with Gasteiger partial charge in [-0.05, 0) is 24.3 Å². The number of rotatable bonds is 1. The SMILES string of the molecule is O=c1[nH]c(=O)n(-c2ccc(F)cc2F)c2c(Cl)cc(F)cc12. The maximum absolute atomic E-state index is 13.9. The van der Waals surface area contributed by atoms with Gasteiger partial charge in [0.05, 0.1) is 21.6 Å². The second-order valence-corrected chi connectivity index (χ2v) is 4.88. The summed E-state index contributed by atoms with van der Waals surface area (Å²) in [7, 11) is 0. The van der Waals surface area contributed by atoms with E-state index in [0.717, 1.165) is 28.8 Å². The molecule has 0 saturated carbocycles. The van der Waals surface area contributed by atoms with Gasteiger partial charge in [0.25, 0.3) is 5.56 Å². The number of hydrogen-bond donors (Lipinski definition) is 1. The van der Waals surface area contributed by atoms with E-state index in [0.29, 0.717) is 6.07 Å². The van der Waals surface area contributed by atoms with Gasteiger partial charge in [0.1, 0.15) is 17.5 Å². The van der Waals surface area contributed by atoms with E-state index in [2.05, 4.69) is 0 Å². The number of halogens is 4. The van der Waals surface area contributed by atoms with Gasteiger partial charge in [-0.3, -0.25) is 14.3 Å². The molecule has 0 unspecified atom stereocenters. The largest absolute Gasteiger partial charge is 0.333 e. The van der Waals surface area contributed by atoms with Gasteiger partial charge in [0.2, 0.25) is 0 Å². The molecule has 1 aromatic heterocycles. The lowest BCUT2D eigenvalue weighted by molar-refractivity contribution is 0.577. The Hall–Kier alpha value is -2.54. The molecular weight excluding hydrogens is 321 g/mol. The van der Waals surface area contributed by atoms with Crippen molar-refractivity contribution in [3.8, 4) is 5.69 Å². The van der Waals surface area contributed by atoms with Crippen molar-refractivity contribution >= 4 is 22.5 Å². The summed E-state index contributed by atoms with van der Waals surface area (Å²) in [5.41, 5.74) is -2.32. The summed E-state index contributed by atoms with van der Waals surface area (Å²) in [6, 6.07) is 4.30. The first-order valence-corrected chi connectivity index (χ1v) is 6.36. The number of fused-ring (bicyclic) bond motifs is 1. The van der Waals surface area contributed by atoms with E-state index in [1.54, 1.807) is 0 Å². The fourth-order valence-corrected chi connectivity index (χ4v) is 2.47. The summed E-state index contributed by atoms with van der Waals surface area (Å²) in [5.74, 6) is -2.65. The molecular formula is C14H6ClF3N2O2. The van der Waals surface area contributed by atoms with Crippen LogP contribution in [0.1, 0.15) is 0 Å². The van der Waals surface area contributed by atoms with Gasteiger partial charge in [-0.15, -0.1) is 0 Å². The minimum Gasteiger partial charge on any atom is -0.273 e. The van der Waals surface area contributed by atoms with Crippen molar-refractivity contribution in [2.24, 2.45) is 0 Å². The van der Waals surface area contributed by atoms with E-state index in [-0.39, 0.29) is 21.6 Å². The molecule has 0 radical (unpaired) electrons. The Balaban J connectivity index is 2.54. The second kappa shape index (κ2) is 5.03. The van der Waals surface area contributed by atoms with E-state index in [9.17, 15) is 22.8 Å². The zero-order chi connectivity index (χ0) is 16.0. The molecule has 0 saturated heterocycles. The molecule has 3 aromatic rings. The third-order valence-electron chi connectivity index (χ3n) is 3.07. The third-order valence-corrected chi connectivity index (χ3v) is 3.36. The van der Waals surface area contributed by atoms with Crippen molar-refractivity contribution in [1.82, 2.24) is 9.55 Å². The van der Waals surface area contributed by atoms with Crippen molar-refractivity contribution < 1.29 is 13.2 Å². The molecule has 2 aromatic carbocycles. The maximum atomic E-state index is 13.9. The topological polar surface area (TPSA) is 54.9 Å². The second-order valence-electron chi connectivity index (χ2n) is 4.47. The molecule has 1 N–H and O–H groups in total. The third kappa shape index (κ3) is 2.19. The Bertz CT molecular complexity index is 1030. The predicted octanol–water partition coefficient (Wildman–Crippen LogP) is 2.75. The van der Waals surface area contributed by atoms with Gasteiger partial charge in [-0.2, -0.15) is 0 Å². The minimum absolute atomic E-state index is 0.165. The van der Waals surface area contributed by atoms with Crippen LogP contribution in [0, 0.1) is 17.5 Å². The van der Waals surface area contributed by atoms with Crippen LogP contribution in [-0.2, 0) is 0 Å². The lowest BCUT2D eigenvalue weighted by Gasteiger charge is -2.11. The molecule has 3 rings (SSSR count). The maximum Gasteiger partial charge on any atom is 0.333 e. The predicted molar refractivity (Wildman–Crippen MR) is 75.0 cm³/mol. The highest BCUT2D eigenvalue weighted by molar-refractivity contribution is 6.35. The summed E-state index contributed by atoms with van der Waals surface area (Å²) in [6.07, 6.45) is 0. The monoisotopic (exact) mass is 326 g/mol. The smallest absolute Gasteiger partial charge is 0.273 e. The first-order valence-electron chi connectivity index (χ1n) is 5.98. The van der Waals surface area contributed by atoms with Crippen molar-refractivity contribution in [2.75, 3.05) is 0 Å². The molecule has 22 heavy (non-hydrogen) atoms. The van der Waals surface area contributed by atoms with Gasteiger partial charge < -0.3 is 0 Å². The first kappa shape index (κ1) is 14.4. The van der Waals surface area contributed by atoms with Crippen LogP contribution >= 0.6 is 11.6 Å². The number of hydrogen-bond acceptors (Lipinski definition) is 2. The zero-order valence-electron chi connectivity index (χ0n) is 10.7. The molecule has 1 heterocycles. The zero-order valence-corrected chi connectivity index (χ0v) is 11.4. The van der Waals surface area contributed by atoms with Crippen molar-refractivity contribution in [1.29, 1.82) is 0 Å². The lowest BCUT2D eigenvalue weighted by Crippen LogP contribution is -2.30. The van der Waals surface area contributed by atoms with E-state index in [1.165, 1.54) is 0 Å². The Morgan fingerprint density at radius 1 is 1.00 bits per heavy atom. The summed E-state index contributed by atoms with van der Waals surface area (Å²) < 4.78 is 41.1. The molecule has 0 spiro atoms. The number of aromatic nitrogens is 2. The summed E-state index contributed by atoms with van der Waals surface area (Å²) >= 11 is 5.90. The van der Waals surface area contributed by atoms with Crippen molar-refractivity contribution in [3.05, 3.63) is 73.6 Å². The molecule has 0 fully saturated rings. The molecule has 0 amide bonds. The molecule has 0 aliphatic heterocycles. The highest BCUT2D eigenvalue weighted by atomic mass is 35.5. The number of nitrogens with one attached hydrogen (secondary N) is 1. The molecule has 0 aliphatic rings. The Morgan fingerprint density at radius 2 is 1.73 bits per heavy atom. The normalized spacial score (nSPS) is 11.1. The van der Waals surface area contributed by atoms with Crippen LogP contribution in [0.3, 0.4) is 0 Å². The van der Waals surface area contributed by atoms with Crippen LogP contribution in [0.4, 0.5) is 13.2 Å². The standard InChI is InChI=1S/C14H6ClF3N2O2/c15-9-4-7(17)3-8-12(9)20(14(22)19-13(8)21)11-2-1-6(16)5-10(11)18/h1-5H,(H,19,21,22). The Morgan fingerprint density at radius 3 is 2.41 bits per heavy atom. The van der Waals surface area contributed by atoms with E-state index < -0.39 is 28.7 Å². The van der Waals surface area contributed by atoms with Crippen LogP contribution < -0.4 is 11.2 Å². The van der Waals surface area contributed by atoms with Crippen LogP contribution in [-0.4, -0.2) is 9.55 Å². The van der Waals surface area contributed by atoms with Crippen molar-refractivity contribution in [3.63, 3.8) is 0 Å². The first-order chi connectivity index (χ1) is 10.4. The molecule has 0 atom stereocenters. The highest BCUT2D eigenvalue weighted by Crippen LogP contribution is 2.25. The molecule has 4 nitrogen and oxygen atoms in total. The number of H-pyrrole nitrogens is 1. The molecule has 8 heteroatoms. The van der Waals surface area contributed by atoms with E-state index in [4.69, 9.17) is 11.6 Å². The van der Waals surface area contributed by atoms with Crippen LogP contribution in [0.25, 0.3) is 16.6 Å². The molecule has 0 bridgehead atoms. The van der Waals surface area contributed by atoms with Gasteiger partial charge in [-0.1, -0.05) is 11.6 Å². The number of aromatic amines is 1. The average molecular weight is 327 g/mol. The number of benzene rings is 2. The molecule has 0 aliphatic carbocycles. The van der Waals surface area contributed by atoms with Gasteiger partial charge in [0.15, 0.2) is 0 Å². The quantitative estimate of drug-likeness (QED) is 0.747. The minimum atomic E-state index is -1.03. The summed E-state index contributed by atoms with van der Waals surface area (Å²) in [5, 5.41) is -0.477. The fourth-order valence-electron chi connectivity index (χ4n) is 2.18. The van der Waals surface area contributed by atoms with Crippen LogP contribution in [0.2, 0.25) is 5.02 Å². The lowest BCUT2D eigenvalue weighted by atomic mass is 10.2. The van der Waals surface area contributed by atoms with Crippen LogP contribution in [0.15, 0.2) is 39.9 Å². The van der Waals surface area contributed by atoms with Gasteiger partial charge in [0, 0.05) is 6.07 Å². The van der Waals surface area contributed by atoms with Crippen molar-refractivity contribution in [2.45, 2.75) is 0 Å². The van der Waals surface area contributed by atoms with Gasteiger partial charge >= 0.3 is 5.69 Å². The van der Waals surface area contributed by atoms with E-state index in [1.807, 2.05) is 4.98 Å². The van der Waals surface area contributed by atoms with Gasteiger partial charge in [-0.25, -0.2) is 18.0 Å². The fraction of sp³-hybridized carbons (Fsp3) is 0. The van der Waals surface area contributed by atoms with Crippen LogP contribution in [0.5, 0.6) is 0 Å². The van der Waals surface area contributed by atoms with E-state index >= 15 is 0 Å². The Labute approximate surface area is 125 Å². The summed E-state index contributed by atoms with van der Waals surface area (Å²) in [4.78, 5) is 25.7. The summed E-state index contributed by atoms with van der Waals surface area (Å²) in [6.45, 7) is 0. The Kier molecular flexibility index (Phi) is 3.29. The molecule has 112 valence electrons. The highest BCUT2D eigenvalue weighted by Gasteiger charge is 2.16.